The fourth-order valence-electron chi connectivity index (χ4n) is 1.40. The van der Waals surface area contributed by atoms with E-state index in [1.165, 1.54) is 0 Å². The zero-order valence-corrected chi connectivity index (χ0v) is 7.88. The molecule has 0 saturated heterocycles. The van der Waals surface area contributed by atoms with Crippen LogP contribution in [0.5, 0.6) is 0 Å². The molecular formula is C10H10N2O3. The molecule has 5 heteroatoms. The Morgan fingerprint density at radius 1 is 1.67 bits per heavy atom. The van der Waals surface area contributed by atoms with E-state index in [9.17, 15) is 4.79 Å². The summed E-state index contributed by atoms with van der Waals surface area (Å²) in [4.78, 5) is 14.9. The maximum Gasteiger partial charge on any atom is 0.315 e. The van der Waals surface area contributed by atoms with Gasteiger partial charge in [-0.3, -0.25) is 9.78 Å². The molecule has 0 spiro atoms. The van der Waals surface area contributed by atoms with Crippen molar-refractivity contribution in [1.29, 1.82) is 0 Å². The Hall–Kier alpha value is -1.88. The molecule has 2 rings (SSSR count). The molecule has 2 aromatic heterocycles. The van der Waals surface area contributed by atoms with Gasteiger partial charge in [0.1, 0.15) is 17.2 Å². The summed E-state index contributed by atoms with van der Waals surface area (Å²) >= 11 is 0. The van der Waals surface area contributed by atoms with Crippen LogP contribution in [0.15, 0.2) is 28.8 Å². The summed E-state index contributed by atoms with van der Waals surface area (Å²) in [5, 5.41) is 8.89. The monoisotopic (exact) mass is 206 g/mol. The van der Waals surface area contributed by atoms with Gasteiger partial charge in [-0.15, -0.1) is 0 Å². The van der Waals surface area contributed by atoms with Gasteiger partial charge in [0, 0.05) is 18.8 Å². The molecule has 2 heterocycles. The molecule has 15 heavy (non-hydrogen) atoms. The molecule has 0 saturated carbocycles. The van der Waals surface area contributed by atoms with Crippen LogP contribution in [0, 0.1) is 0 Å². The van der Waals surface area contributed by atoms with Gasteiger partial charge in [-0.2, -0.15) is 0 Å². The number of furan rings is 1. The standard InChI is InChI=1S/C10H10N2O3/c11-5-6(10(13)14)9-4-7-8(15-9)2-1-3-12-7/h1-4,6H,5,11H2,(H,13,14). The Kier molecular flexibility index (Phi) is 2.39. The Morgan fingerprint density at radius 2 is 2.47 bits per heavy atom. The fourth-order valence-corrected chi connectivity index (χ4v) is 1.40. The molecule has 2 aromatic rings. The number of carboxylic acid groups (broad SMARTS) is 1. The predicted octanol–water partition coefficient (Wildman–Crippen LogP) is 0.955. The summed E-state index contributed by atoms with van der Waals surface area (Å²) in [6.45, 7) is 0.00908. The minimum atomic E-state index is -0.989. The van der Waals surface area contributed by atoms with Crippen LogP contribution in [0.25, 0.3) is 11.1 Å². The van der Waals surface area contributed by atoms with E-state index in [-0.39, 0.29) is 6.54 Å². The number of aliphatic carboxylic acids is 1. The van der Waals surface area contributed by atoms with Crippen molar-refractivity contribution in [3.05, 3.63) is 30.2 Å². The minimum absolute atomic E-state index is 0.00908. The second-order valence-corrected chi connectivity index (χ2v) is 3.16. The Bertz CT molecular complexity index is 459. The third kappa shape index (κ3) is 1.69. The van der Waals surface area contributed by atoms with Crippen LogP contribution in [0.4, 0.5) is 0 Å². The van der Waals surface area contributed by atoms with Gasteiger partial charge in [0.2, 0.25) is 0 Å². The lowest BCUT2D eigenvalue weighted by atomic mass is 10.1. The van der Waals surface area contributed by atoms with Crippen molar-refractivity contribution >= 4 is 17.1 Å². The van der Waals surface area contributed by atoms with E-state index in [0.717, 1.165) is 0 Å². The summed E-state index contributed by atoms with van der Waals surface area (Å²) in [6.07, 6.45) is 1.62. The van der Waals surface area contributed by atoms with E-state index < -0.39 is 11.9 Å². The van der Waals surface area contributed by atoms with Crippen LogP contribution < -0.4 is 5.73 Å². The summed E-state index contributed by atoms with van der Waals surface area (Å²) in [7, 11) is 0. The molecule has 0 aliphatic heterocycles. The van der Waals surface area contributed by atoms with Gasteiger partial charge in [0.15, 0.2) is 5.58 Å². The third-order valence-corrected chi connectivity index (χ3v) is 2.18. The van der Waals surface area contributed by atoms with Crippen molar-refractivity contribution in [3.8, 4) is 0 Å². The van der Waals surface area contributed by atoms with Crippen LogP contribution >= 0.6 is 0 Å². The molecule has 0 fully saturated rings. The lowest BCUT2D eigenvalue weighted by Gasteiger charge is -2.04. The second kappa shape index (κ2) is 3.70. The van der Waals surface area contributed by atoms with Crippen molar-refractivity contribution in [2.45, 2.75) is 5.92 Å². The number of fused-ring (bicyclic) bond motifs is 1. The first-order valence-corrected chi connectivity index (χ1v) is 4.49. The number of pyridine rings is 1. The summed E-state index contributed by atoms with van der Waals surface area (Å²) in [5.41, 5.74) is 6.59. The number of aromatic nitrogens is 1. The van der Waals surface area contributed by atoms with Gasteiger partial charge >= 0.3 is 5.97 Å². The van der Waals surface area contributed by atoms with Gasteiger partial charge in [-0.25, -0.2) is 0 Å². The highest BCUT2D eigenvalue weighted by atomic mass is 16.4. The van der Waals surface area contributed by atoms with E-state index in [2.05, 4.69) is 4.98 Å². The molecular weight excluding hydrogens is 196 g/mol. The second-order valence-electron chi connectivity index (χ2n) is 3.16. The molecule has 78 valence electrons. The molecule has 0 aliphatic rings. The van der Waals surface area contributed by atoms with Crippen molar-refractivity contribution in [2.75, 3.05) is 6.54 Å². The Morgan fingerprint density at radius 3 is 3.07 bits per heavy atom. The summed E-state index contributed by atoms with van der Waals surface area (Å²) < 4.78 is 5.36. The number of hydrogen-bond donors (Lipinski definition) is 2. The minimum Gasteiger partial charge on any atom is -0.481 e. The number of carboxylic acids is 1. The average Bonchev–Trinajstić information content (AvgIpc) is 2.61. The first-order chi connectivity index (χ1) is 7.22. The van der Waals surface area contributed by atoms with Crippen molar-refractivity contribution in [3.63, 3.8) is 0 Å². The number of nitrogens with zero attached hydrogens (tertiary/aromatic N) is 1. The SMILES string of the molecule is NCC(C(=O)O)c1cc2ncccc2o1. The van der Waals surface area contributed by atoms with E-state index >= 15 is 0 Å². The van der Waals surface area contributed by atoms with Crippen LogP contribution in [0.1, 0.15) is 11.7 Å². The molecule has 1 unspecified atom stereocenters. The van der Waals surface area contributed by atoms with Crippen LogP contribution in [-0.4, -0.2) is 22.6 Å². The molecule has 3 N–H and O–H groups in total. The van der Waals surface area contributed by atoms with Crippen molar-refractivity contribution in [1.82, 2.24) is 4.98 Å². The smallest absolute Gasteiger partial charge is 0.315 e. The average molecular weight is 206 g/mol. The van der Waals surface area contributed by atoms with Crippen molar-refractivity contribution in [2.24, 2.45) is 5.73 Å². The highest BCUT2D eigenvalue weighted by Crippen LogP contribution is 2.23. The predicted molar refractivity (Wildman–Crippen MR) is 53.4 cm³/mol. The molecule has 5 nitrogen and oxygen atoms in total. The number of rotatable bonds is 3. The van der Waals surface area contributed by atoms with Gasteiger partial charge in [0.05, 0.1) is 0 Å². The Labute approximate surface area is 85.5 Å². The van der Waals surface area contributed by atoms with Gasteiger partial charge < -0.3 is 15.3 Å². The molecule has 0 aromatic carbocycles. The molecule has 0 amide bonds. The lowest BCUT2D eigenvalue weighted by Crippen LogP contribution is -2.20. The first kappa shape index (κ1) is 9.67. The molecule has 0 aliphatic carbocycles. The van der Waals surface area contributed by atoms with Crippen molar-refractivity contribution < 1.29 is 14.3 Å². The number of nitrogens with two attached hydrogens (primary N) is 1. The van der Waals surface area contributed by atoms with E-state index in [0.29, 0.717) is 16.9 Å². The quantitative estimate of drug-likeness (QED) is 0.780. The highest BCUT2D eigenvalue weighted by molar-refractivity contribution is 5.79. The number of hydrogen-bond acceptors (Lipinski definition) is 4. The van der Waals surface area contributed by atoms with E-state index in [1.807, 2.05) is 0 Å². The maximum atomic E-state index is 10.8. The molecule has 0 bridgehead atoms. The van der Waals surface area contributed by atoms with Crippen LogP contribution in [0.3, 0.4) is 0 Å². The first-order valence-electron chi connectivity index (χ1n) is 4.49. The molecule has 0 radical (unpaired) electrons. The fraction of sp³-hybridized carbons (Fsp3) is 0.200. The Balaban J connectivity index is 2.47. The van der Waals surface area contributed by atoms with E-state index in [4.69, 9.17) is 15.3 Å². The topological polar surface area (TPSA) is 89.4 Å². The van der Waals surface area contributed by atoms with Crippen LogP contribution in [0.2, 0.25) is 0 Å². The van der Waals surface area contributed by atoms with Gasteiger partial charge in [0.25, 0.3) is 0 Å². The van der Waals surface area contributed by atoms with Gasteiger partial charge in [-0.1, -0.05) is 0 Å². The largest absolute Gasteiger partial charge is 0.481 e. The van der Waals surface area contributed by atoms with Crippen LogP contribution in [-0.2, 0) is 4.79 Å². The number of carbonyl (C=O) groups is 1. The normalized spacial score (nSPS) is 12.9. The maximum absolute atomic E-state index is 10.8. The lowest BCUT2D eigenvalue weighted by molar-refractivity contribution is -0.138. The third-order valence-electron chi connectivity index (χ3n) is 2.18. The summed E-state index contributed by atoms with van der Waals surface area (Å²) in [5.74, 6) is -1.45. The zero-order valence-electron chi connectivity index (χ0n) is 7.88. The summed E-state index contributed by atoms with van der Waals surface area (Å²) in [6, 6.07) is 5.08. The molecule has 1 atom stereocenters. The highest BCUT2D eigenvalue weighted by Gasteiger charge is 2.22. The zero-order chi connectivity index (χ0) is 10.8. The van der Waals surface area contributed by atoms with E-state index in [1.54, 1.807) is 24.4 Å². The van der Waals surface area contributed by atoms with Gasteiger partial charge in [-0.05, 0) is 12.1 Å².